The predicted octanol–water partition coefficient (Wildman–Crippen LogP) is 3.34. The van der Waals surface area contributed by atoms with E-state index in [4.69, 9.17) is 4.99 Å². The molecule has 2 aromatic rings. The molecule has 0 aliphatic heterocycles. The molecule has 0 aromatic heterocycles. The van der Waals surface area contributed by atoms with Crippen LogP contribution in [0.5, 0.6) is 0 Å². The molecule has 1 fully saturated rings. The van der Waals surface area contributed by atoms with Crippen molar-refractivity contribution in [3.05, 3.63) is 59.7 Å². The first-order valence-corrected chi connectivity index (χ1v) is 9.90. The van der Waals surface area contributed by atoms with Crippen LogP contribution in [0.25, 0.3) is 0 Å². The van der Waals surface area contributed by atoms with Crippen molar-refractivity contribution in [1.29, 1.82) is 0 Å². The van der Waals surface area contributed by atoms with E-state index in [0.717, 1.165) is 33.4 Å². The van der Waals surface area contributed by atoms with E-state index in [-0.39, 0.29) is 11.7 Å². The molecule has 0 unspecified atom stereocenters. The molecule has 0 saturated heterocycles. The van der Waals surface area contributed by atoms with Gasteiger partial charge in [-0.15, -0.1) is 0 Å². The van der Waals surface area contributed by atoms with Crippen molar-refractivity contribution < 1.29 is 4.79 Å². The first-order chi connectivity index (χ1) is 10.6. The van der Waals surface area contributed by atoms with Gasteiger partial charge in [0.2, 0.25) is 0 Å². The van der Waals surface area contributed by atoms with Gasteiger partial charge >= 0.3 is 142 Å². The number of carbonyl (C=O) groups excluding carboxylic acids is 1. The molecule has 1 aliphatic rings. The molecule has 2 nitrogen and oxygen atoms in total. The van der Waals surface area contributed by atoms with Crippen LogP contribution in [0.2, 0.25) is 0 Å². The molecule has 2 aromatic carbocycles. The van der Waals surface area contributed by atoms with E-state index in [1.807, 2.05) is 24.3 Å². The molecule has 0 atom stereocenters. The molecule has 0 spiro atoms. The number of carbonyl (C=O) groups is 1. The van der Waals surface area contributed by atoms with Crippen LogP contribution < -0.4 is 3.61 Å². The van der Waals surface area contributed by atoms with E-state index in [9.17, 15) is 4.79 Å². The molecule has 0 heterocycles. The monoisotopic (exact) mass is 407 g/mol. The topological polar surface area (TPSA) is 29.4 Å². The molecule has 22 heavy (non-hydrogen) atoms. The summed E-state index contributed by atoms with van der Waals surface area (Å²) in [4.78, 5) is 17.5. The maximum absolute atomic E-state index is 12.6. The Morgan fingerprint density at radius 2 is 1.64 bits per heavy atom. The summed E-state index contributed by atoms with van der Waals surface area (Å²) in [7, 11) is 0. The van der Waals surface area contributed by atoms with Crippen LogP contribution in [0.1, 0.15) is 24.0 Å². The summed E-state index contributed by atoms with van der Waals surface area (Å²) in [6.45, 7) is 4.13. The first kappa shape index (κ1) is 15.5. The van der Waals surface area contributed by atoms with Crippen LogP contribution in [0.3, 0.4) is 0 Å². The average molecular weight is 405 g/mol. The van der Waals surface area contributed by atoms with Crippen molar-refractivity contribution in [3.8, 4) is 0 Å². The van der Waals surface area contributed by atoms with Gasteiger partial charge in [0.1, 0.15) is 0 Å². The average Bonchev–Trinajstić information content (AvgIpc) is 3.35. The van der Waals surface area contributed by atoms with E-state index in [1.165, 1.54) is 3.61 Å². The summed E-state index contributed by atoms with van der Waals surface area (Å²) in [5, 5.41) is 0. The van der Waals surface area contributed by atoms with Gasteiger partial charge in [-0.25, -0.2) is 0 Å². The summed E-state index contributed by atoms with van der Waals surface area (Å²) in [5.74, 6) is 0.519. The normalized spacial score (nSPS) is 14.9. The van der Waals surface area contributed by atoms with Crippen molar-refractivity contribution in [1.82, 2.24) is 0 Å². The van der Waals surface area contributed by atoms with Crippen LogP contribution in [-0.2, 0) is 4.79 Å². The number of aryl methyl sites for hydroxylation is 2. The number of Topliss-reactive ketones (excluding diaryl/α,β-unsaturated/α-hetero) is 1. The third-order valence-electron chi connectivity index (χ3n) is 3.77. The summed E-state index contributed by atoms with van der Waals surface area (Å²) in [6.07, 6.45) is 2.07. The van der Waals surface area contributed by atoms with Crippen LogP contribution in [0.4, 0.5) is 5.69 Å². The van der Waals surface area contributed by atoms with Gasteiger partial charge in [0, 0.05) is 0 Å². The minimum absolute atomic E-state index is 0.233. The van der Waals surface area contributed by atoms with Crippen molar-refractivity contribution in [3.63, 3.8) is 0 Å². The van der Waals surface area contributed by atoms with Gasteiger partial charge in [-0.1, -0.05) is 0 Å². The molecule has 0 bridgehead atoms. The summed E-state index contributed by atoms with van der Waals surface area (Å²) in [6, 6.07) is 16.5. The predicted molar refractivity (Wildman–Crippen MR) is 92.6 cm³/mol. The molecule has 1 aliphatic carbocycles. The maximum atomic E-state index is 12.6. The standard InChI is InChI=1S/C19H19NOTe/c1-13-7-6-8-14(2)17(13)20-19(18(21)15-11-12-15)22-16-9-4-3-5-10-16/h3-10,15H,11-12H2,1-2H3. The number of aliphatic imine (C=N–C) groups is 1. The fourth-order valence-electron chi connectivity index (χ4n) is 2.33. The van der Waals surface area contributed by atoms with Gasteiger partial charge in [0.05, 0.1) is 0 Å². The number of hydrogen-bond donors (Lipinski definition) is 0. The third-order valence-corrected chi connectivity index (χ3v) is 6.61. The number of rotatable bonds is 5. The third kappa shape index (κ3) is 3.66. The molecule has 0 radical (unpaired) electrons. The van der Waals surface area contributed by atoms with E-state index >= 15 is 0 Å². The number of nitrogens with zero attached hydrogens (tertiary/aromatic N) is 1. The van der Waals surface area contributed by atoms with Crippen LogP contribution >= 0.6 is 0 Å². The SMILES string of the molecule is Cc1cccc(C)c1N=C([Te]c1ccccc1)C(=O)C1CC1. The van der Waals surface area contributed by atoms with Crippen molar-refractivity contribution in [2.45, 2.75) is 26.7 Å². The Bertz CT molecular complexity index is 697. The van der Waals surface area contributed by atoms with Crippen LogP contribution in [-0.4, -0.2) is 30.5 Å². The molecule has 112 valence electrons. The van der Waals surface area contributed by atoms with E-state index in [1.54, 1.807) is 0 Å². The van der Waals surface area contributed by atoms with Crippen molar-refractivity contribution >= 4 is 39.8 Å². The van der Waals surface area contributed by atoms with Gasteiger partial charge in [-0.05, 0) is 0 Å². The molecular formula is C19H19NOTe. The molecule has 0 amide bonds. The number of hydrogen-bond acceptors (Lipinski definition) is 2. The Morgan fingerprint density at radius 3 is 2.23 bits per heavy atom. The minimum atomic E-state index is -0.731. The van der Waals surface area contributed by atoms with Crippen LogP contribution in [0, 0.1) is 19.8 Å². The van der Waals surface area contributed by atoms with E-state index in [0.29, 0.717) is 0 Å². The first-order valence-electron chi connectivity index (χ1n) is 7.57. The van der Waals surface area contributed by atoms with Crippen molar-refractivity contribution in [2.75, 3.05) is 0 Å². The number of benzene rings is 2. The zero-order valence-electron chi connectivity index (χ0n) is 12.9. The van der Waals surface area contributed by atoms with Gasteiger partial charge < -0.3 is 0 Å². The van der Waals surface area contributed by atoms with Gasteiger partial charge in [-0.3, -0.25) is 0 Å². The molecule has 1 saturated carbocycles. The molecule has 0 N–H and O–H groups in total. The zero-order valence-corrected chi connectivity index (χ0v) is 15.2. The van der Waals surface area contributed by atoms with Gasteiger partial charge in [0.15, 0.2) is 0 Å². The zero-order chi connectivity index (χ0) is 15.5. The number of ketones is 1. The fourth-order valence-corrected chi connectivity index (χ4v) is 4.96. The van der Waals surface area contributed by atoms with Gasteiger partial charge in [0.25, 0.3) is 0 Å². The van der Waals surface area contributed by atoms with Crippen LogP contribution in [0.15, 0.2) is 53.5 Å². The Kier molecular flexibility index (Phi) is 4.76. The molecule has 3 rings (SSSR count). The molecule has 3 heteroatoms. The van der Waals surface area contributed by atoms with Gasteiger partial charge in [-0.2, -0.15) is 0 Å². The second-order valence-corrected chi connectivity index (χ2v) is 8.74. The van der Waals surface area contributed by atoms with Crippen molar-refractivity contribution in [2.24, 2.45) is 10.9 Å². The Balaban J connectivity index is 1.97. The second-order valence-electron chi connectivity index (χ2n) is 5.71. The Labute approximate surface area is 141 Å². The summed E-state index contributed by atoms with van der Waals surface area (Å²) >= 11 is -0.731. The van der Waals surface area contributed by atoms with E-state index in [2.05, 4.69) is 38.1 Å². The quantitative estimate of drug-likeness (QED) is 0.555. The summed E-state index contributed by atoms with van der Waals surface area (Å²) < 4.78 is 2.10. The Hall–Kier alpha value is -1.43. The summed E-state index contributed by atoms with van der Waals surface area (Å²) in [5.41, 5.74) is 3.26. The molecular weight excluding hydrogens is 386 g/mol. The Morgan fingerprint density at radius 1 is 1.00 bits per heavy atom. The van der Waals surface area contributed by atoms with E-state index < -0.39 is 20.9 Å². The number of para-hydroxylation sites is 1. The second kappa shape index (κ2) is 6.77. The fraction of sp³-hybridized carbons (Fsp3) is 0.263.